The van der Waals surface area contributed by atoms with Crippen LogP contribution in [0.3, 0.4) is 0 Å². The molecule has 3 atom stereocenters. The minimum Gasteiger partial charge on any atom is -0.478 e. The molecule has 5 nitrogen and oxygen atoms in total. The van der Waals surface area contributed by atoms with Gasteiger partial charge in [-0.2, -0.15) is 0 Å². The molecule has 1 heterocycles. The molecule has 0 saturated heterocycles. The lowest BCUT2D eigenvalue weighted by molar-refractivity contribution is 0.0599. The van der Waals surface area contributed by atoms with Gasteiger partial charge in [-0.1, -0.05) is 35.9 Å². The molecule has 0 fully saturated rings. The number of fused-ring (bicyclic) bond motifs is 3. The van der Waals surface area contributed by atoms with Gasteiger partial charge < -0.3 is 15.2 Å². The number of hydrogen-bond donors (Lipinski definition) is 2. The van der Waals surface area contributed by atoms with Gasteiger partial charge in [0.25, 0.3) is 0 Å². The zero-order valence-electron chi connectivity index (χ0n) is 14.6. The third kappa shape index (κ3) is 2.98. The molecule has 2 aromatic rings. The summed E-state index contributed by atoms with van der Waals surface area (Å²) < 4.78 is 4.75. The van der Waals surface area contributed by atoms with Crippen molar-refractivity contribution in [3.05, 3.63) is 75.8 Å². The number of methoxy groups -OCH3 is 1. The van der Waals surface area contributed by atoms with Crippen LogP contribution in [0.25, 0.3) is 0 Å². The highest BCUT2D eigenvalue weighted by atomic mass is 35.5. The normalized spacial score (nSPS) is 22.5. The van der Waals surface area contributed by atoms with E-state index in [-0.39, 0.29) is 29.4 Å². The number of aromatic carboxylic acids is 1. The Labute approximate surface area is 161 Å². The summed E-state index contributed by atoms with van der Waals surface area (Å²) in [5.74, 6) is -1.00. The van der Waals surface area contributed by atoms with Crippen molar-refractivity contribution in [2.75, 3.05) is 12.4 Å². The van der Waals surface area contributed by atoms with Crippen LogP contribution >= 0.6 is 11.6 Å². The smallest absolute Gasteiger partial charge is 0.337 e. The Hall–Kier alpha value is -2.79. The molecular formula is C21H18ClNO4. The van der Waals surface area contributed by atoms with Gasteiger partial charge >= 0.3 is 11.9 Å². The number of esters is 1. The predicted molar refractivity (Wildman–Crippen MR) is 103 cm³/mol. The van der Waals surface area contributed by atoms with Crippen LogP contribution < -0.4 is 5.32 Å². The van der Waals surface area contributed by atoms with Gasteiger partial charge in [-0.05, 0) is 47.7 Å². The number of carbonyl (C=O) groups is 2. The molecule has 6 heteroatoms. The highest BCUT2D eigenvalue weighted by molar-refractivity contribution is 6.33. The summed E-state index contributed by atoms with van der Waals surface area (Å²) in [4.78, 5) is 23.1. The maximum Gasteiger partial charge on any atom is 0.337 e. The van der Waals surface area contributed by atoms with Crippen molar-refractivity contribution in [1.29, 1.82) is 0 Å². The third-order valence-electron chi connectivity index (χ3n) is 5.36. The van der Waals surface area contributed by atoms with Crippen LogP contribution in [0.15, 0.2) is 48.6 Å². The Morgan fingerprint density at radius 2 is 1.93 bits per heavy atom. The van der Waals surface area contributed by atoms with Crippen molar-refractivity contribution in [3.8, 4) is 0 Å². The first kappa shape index (κ1) is 17.6. The minimum atomic E-state index is -0.987. The van der Waals surface area contributed by atoms with Gasteiger partial charge in [-0.3, -0.25) is 0 Å². The molecule has 27 heavy (non-hydrogen) atoms. The number of ether oxygens (including phenoxy) is 1. The van der Waals surface area contributed by atoms with Gasteiger partial charge in [0.2, 0.25) is 0 Å². The number of rotatable bonds is 3. The molecule has 2 aromatic carbocycles. The molecular weight excluding hydrogens is 366 g/mol. The van der Waals surface area contributed by atoms with Gasteiger partial charge in [0.1, 0.15) is 0 Å². The van der Waals surface area contributed by atoms with Crippen LogP contribution in [0, 0.1) is 5.92 Å². The predicted octanol–water partition coefficient (Wildman–Crippen LogP) is 4.65. The van der Waals surface area contributed by atoms with E-state index in [1.165, 1.54) is 13.2 Å². The molecule has 0 aromatic heterocycles. The molecule has 0 radical (unpaired) electrons. The van der Waals surface area contributed by atoms with Crippen molar-refractivity contribution < 1.29 is 19.4 Å². The molecule has 2 aliphatic rings. The first-order valence-corrected chi connectivity index (χ1v) is 9.05. The van der Waals surface area contributed by atoms with Gasteiger partial charge in [0.15, 0.2) is 0 Å². The third-order valence-corrected chi connectivity index (χ3v) is 5.66. The van der Waals surface area contributed by atoms with E-state index < -0.39 is 5.97 Å². The summed E-state index contributed by atoms with van der Waals surface area (Å²) in [6.45, 7) is 0. The van der Waals surface area contributed by atoms with Crippen LogP contribution in [-0.4, -0.2) is 24.2 Å². The highest BCUT2D eigenvalue weighted by Crippen LogP contribution is 2.51. The molecule has 0 saturated carbocycles. The maximum atomic E-state index is 11.7. The molecule has 138 valence electrons. The number of hydrogen-bond acceptors (Lipinski definition) is 4. The van der Waals surface area contributed by atoms with E-state index in [2.05, 4.69) is 17.5 Å². The first-order chi connectivity index (χ1) is 13.0. The Morgan fingerprint density at radius 3 is 2.59 bits per heavy atom. The quantitative estimate of drug-likeness (QED) is 0.596. The van der Waals surface area contributed by atoms with Gasteiger partial charge in [0, 0.05) is 5.92 Å². The number of carboxylic acid groups (broad SMARTS) is 1. The molecule has 0 bridgehead atoms. The molecule has 1 aliphatic heterocycles. The fourth-order valence-corrected chi connectivity index (χ4v) is 4.33. The summed E-state index contributed by atoms with van der Waals surface area (Å²) in [6, 6.07) is 10.5. The number of allylic oxidation sites excluding steroid dienone is 2. The zero-order chi connectivity index (χ0) is 19.1. The number of halogens is 1. The summed E-state index contributed by atoms with van der Waals surface area (Å²) in [5.41, 5.74) is 3.44. The highest BCUT2D eigenvalue weighted by Gasteiger charge is 2.39. The van der Waals surface area contributed by atoms with Gasteiger partial charge in [-0.15, -0.1) is 0 Å². The van der Waals surface area contributed by atoms with Gasteiger partial charge in [0.05, 0.1) is 35.0 Å². The second kappa shape index (κ2) is 6.74. The lowest BCUT2D eigenvalue weighted by Gasteiger charge is -2.38. The fraction of sp³-hybridized carbons (Fsp3) is 0.238. The van der Waals surface area contributed by atoms with E-state index >= 15 is 0 Å². The van der Waals surface area contributed by atoms with Crippen molar-refractivity contribution in [1.82, 2.24) is 0 Å². The van der Waals surface area contributed by atoms with Crippen molar-refractivity contribution in [3.63, 3.8) is 0 Å². The van der Waals surface area contributed by atoms with E-state index in [4.69, 9.17) is 16.3 Å². The lowest BCUT2D eigenvalue weighted by atomic mass is 9.76. The van der Waals surface area contributed by atoms with Crippen molar-refractivity contribution in [2.24, 2.45) is 5.92 Å². The number of carboxylic acids is 1. The van der Waals surface area contributed by atoms with Gasteiger partial charge in [-0.25, -0.2) is 9.59 Å². The SMILES string of the molecule is COC(=O)c1ccc([C@H]2Nc3c(Cl)cc(C(=O)O)cc3[C@@H]3C=CC[C@H]23)cc1. The van der Waals surface area contributed by atoms with E-state index in [1.807, 2.05) is 12.1 Å². The van der Waals surface area contributed by atoms with Crippen molar-refractivity contribution in [2.45, 2.75) is 18.4 Å². The standard InChI is InChI=1S/C21H18ClNO4/c1-27-21(26)12-7-5-11(6-8-12)18-15-4-2-3-14(15)16-9-13(20(24)25)10-17(22)19(16)23-18/h2-3,5-10,14-15,18,23H,4H2,1H3,(H,24,25)/t14-,15+,18-/m1/s1. The average Bonchev–Trinajstić information content (AvgIpc) is 3.17. The fourth-order valence-electron chi connectivity index (χ4n) is 4.05. The summed E-state index contributed by atoms with van der Waals surface area (Å²) in [7, 11) is 1.36. The second-order valence-electron chi connectivity index (χ2n) is 6.82. The van der Waals surface area contributed by atoms with Crippen LogP contribution in [-0.2, 0) is 4.74 Å². The molecule has 0 unspecified atom stereocenters. The lowest BCUT2D eigenvalue weighted by Crippen LogP contribution is -2.29. The Bertz CT molecular complexity index is 951. The Balaban J connectivity index is 1.74. The van der Waals surface area contributed by atoms with Crippen LogP contribution in [0.2, 0.25) is 5.02 Å². The first-order valence-electron chi connectivity index (χ1n) is 8.68. The van der Waals surface area contributed by atoms with E-state index in [9.17, 15) is 14.7 Å². The van der Waals surface area contributed by atoms with E-state index in [0.717, 1.165) is 23.2 Å². The molecule has 1 aliphatic carbocycles. The topological polar surface area (TPSA) is 75.6 Å². The van der Waals surface area contributed by atoms with Crippen LogP contribution in [0.1, 0.15) is 50.2 Å². The van der Waals surface area contributed by atoms with Crippen LogP contribution in [0.5, 0.6) is 0 Å². The summed E-state index contributed by atoms with van der Waals surface area (Å²) in [5, 5.41) is 13.2. The molecule has 0 spiro atoms. The largest absolute Gasteiger partial charge is 0.478 e. The molecule has 2 N–H and O–H groups in total. The number of nitrogens with one attached hydrogen (secondary N) is 1. The van der Waals surface area contributed by atoms with Crippen LogP contribution in [0.4, 0.5) is 5.69 Å². The maximum absolute atomic E-state index is 11.7. The molecule has 4 rings (SSSR count). The minimum absolute atomic E-state index is 0.0115. The second-order valence-corrected chi connectivity index (χ2v) is 7.22. The summed E-state index contributed by atoms with van der Waals surface area (Å²) in [6.07, 6.45) is 5.14. The van der Waals surface area contributed by atoms with E-state index in [1.54, 1.807) is 18.2 Å². The summed E-state index contributed by atoms with van der Waals surface area (Å²) >= 11 is 6.41. The number of anilines is 1. The molecule has 0 amide bonds. The van der Waals surface area contributed by atoms with E-state index in [0.29, 0.717) is 10.6 Å². The number of carbonyl (C=O) groups excluding carboxylic acids is 1. The monoisotopic (exact) mass is 383 g/mol. The number of benzene rings is 2. The van der Waals surface area contributed by atoms with Crippen molar-refractivity contribution >= 4 is 29.2 Å². The average molecular weight is 384 g/mol. The zero-order valence-corrected chi connectivity index (χ0v) is 15.4. The Morgan fingerprint density at radius 1 is 1.19 bits per heavy atom. The Kier molecular flexibility index (Phi) is 4.40.